The SMILES string of the molecule is C=C(Cc1ccc(C2=CCCC=C2)cc1)NCCC(C)C1CC(O)CC(CC)O1. The Bertz CT molecular complexity index is 719. The first-order valence-corrected chi connectivity index (χ1v) is 11.3. The minimum Gasteiger partial charge on any atom is -0.393 e. The number of hydrogen-bond donors (Lipinski definition) is 2. The van der Waals surface area contributed by atoms with E-state index in [1.807, 2.05) is 0 Å². The summed E-state index contributed by atoms with van der Waals surface area (Å²) in [4.78, 5) is 0. The highest BCUT2D eigenvalue weighted by Gasteiger charge is 2.30. The molecule has 0 aromatic heterocycles. The van der Waals surface area contributed by atoms with Crippen molar-refractivity contribution in [2.24, 2.45) is 5.92 Å². The lowest BCUT2D eigenvalue weighted by molar-refractivity contribution is -0.116. The summed E-state index contributed by atoms with van der Waals surface area (Å²) in [5.74, 6) is 0.426. The van der Waals surface area contributed by atoms with Crippen molar-refractivity contribution in [1.29, 1.82) is 0 Å². The van der Waals surface area contributed by atoms with Crippen LogP contribution in [0.3, 0.4) is 0 Å². The molecule has 1 aliphatic heterocycles. The van der Waals surface area contributed by atoms with E-state index in [0.717, 1.165) is 57.2 Å². The van der Waals surface area contributed by atoms with Crippen LogP contribution in [0.5, 0.6) is 0 Å². The zero-order valence-electron chi connectivity index (χ0n) is 18.1. The molecule has 3 rings (SSSR count). The maximum absolute atomic E-state index is 10.1. The third-order valence-corrected chi connectivity index (χ3v) is 6.17. The Hall–Kier alpha value is -1.84. The molecule has 1 heterocycles. The van der Waals surface area contributed by atoms with Gasteiger partial charge in [-0.15, -0.1) is 0 Å². The summed E-state index contributed by atoms with van der Waals surface area (Å²) in [7, 11) is 0. The fraction of sp³-hybridized carbons (Fsp3) is 0.538. The van der Waals surface area contributed by atoms with Crippen LogP contribution in [0.15, 0.2) is 54.8 Å². The first kappa shape index (κ1) is 21.9. The fourth-order valence-corrected chi connectivity index (χ4v) is 4.27. The predicted molar refractivity (Wildman–Crippen MR) is 122 cm³/mol. The largest absolute Gasteiger partial charge is 0.393 e. The van der Waals surface area contributed by atoms with Crippen molar-refractivity contribution in [1.82, 2.24) is 5.32 Å². The Morgan fingerprint density at radius 3 is 2.72 bits per heavy atom. The number of aliphatic hydroxyl groups is 1. The number of allylic oxidation sites excluding steroid dienone is 5. The summed E-state index contributed by atoms with van der Waals surface area (Å²) in [5.41, 5.74) is 4.95. The van der Waals surface area contributed by atoms with Crippen molar-refractivity contribution >= 4 is 5.57 Å². The number of rotatable bonds is 9. The molecule has 1 aromatic carbocycles. The van der Waals surface area contributed by atoms with E-state index in [2.05, 4.69) is 68.2 Å². The molecule has 1 fully saturated rings. The summed E-state index contributed by atoms with van der Waals surface area (Å²) in [5, 5.41) is 13.6. The topological polar surface area (TPSA) is 41.5 Å². The van der Waals surface area contributed by atoms with E-state index in [-0.39, 0.29) is 18.3 Å². The van der Waals surface area contributed by atoms with Crippen LogP contribution in [0.25, 0.3) is 5.57 Å². The van der Waals surface area contributed by atoms with E-state index in [0.29, 0.717) is 5.92 Å². The first-order chi connectivity index (χ1) is 14.0. The lowest BCUT2D eigenvalue weighted by Gasteiger charge is -2.36. The zero-order chi connectivity index (χ0) is 20.6. The van der Waals surface area contributed by atoms with E-state index >= 15 is 0 Å². The zero-order valence-corrected chi connectivity index (χ0v) is 18.1. The van der Waals surface area contributed by atoms with Crippen LogP contribution in [0.1, 0.15) is 63.5 Å². The van der Waals surface area contributed by atoms with Crippen LogP contribution in [0, 0.1) is 5.92 Å². The number of ether oxygens (including phenoxy) is 1. The molecule has 4 unspecified atom stereocenters. The molecular weight excluding hydrogens is 358 g/mol. The van der Waals surface area contributed by atoms with Crippen molar-refractivity contribution in [3.05, 3.63) is 65.9 Å². The Kier molecular flexibility index (Phi) is 8.14. The van der Waals surface area contributed by atoms with Gasteiger partial charge in [0.1, 0.15) is 0 Å². The summed E-state index contributed by atoms with van der Waals surface area (Å²) >= 11 is 0. The Morgan fingerprint density at radius 1 is 1.24 bits per heavy atom. The molecule has 3 heteroatoms. The molecule has 2 N–H and O–H groups in total. The third-order valence-electron chi connectivity index (χ3n) is 6.17. The van der Waals surface area contributed by atoms with Crippen LogP contribution in [-0.4, -0.2) is 30.0 Å². The number of aliphatic hydroxyl groups excluding tert-OH is 1. The molecule has 3 nitrogen and oxygen atoms in total. The molecule has 4 atom stereocenters. The monoisotopic (exact) mass is 395 g/mol. The van der Waals surface area contributed by atoms with Crippen LogP contribution in [-0.2, 0) is 11.2 Å². The van der Waals surface area contributed by atoms with E-state index in [9.17, 15) is 5.11 Å². The van der Waals surface area contributed by atoms with Crippen molar-refractivity contribution in [3.63, 3.8) is 0 Å². The minimum absolute atomic E-state index is 0.162. The van der Waals surface area contributed by atoms with Crippen molar-refractivity contribution < 1.29 is 9.84 Å². The average Bonchev–Trinajstić information content (AvgIpc) is 2.74. The molecule has 1 saturated heterocycles. The second kappa shape index (κ2) is 10.8. The molecule has 0 saturated carbocycles. The average molecular weight is 396 g/mol. The van der Waals surface area contributed by atoms with E-state index in [1.54, 1.807) is 0 Å². The van der Waals surface area contributed by atoms with Crippen molar-refractivity contribution in [2.45, 2.75) is 77.1 Å². The molecular formula is C26H37NO2. The summed E-state index contributed by atoms with van der Waals surface area (Å²) in [6, 6.07) is 8.83. The highest BCUT2D eigenvalue weighted by atomic mass is 16.5. The predicted octanol–water partition coefficient (Wildman–Crippen LogP) is 5.41. The maximum atomic E-state index is 10.1. The summed E-state index contributed by atoms with van der Waals surface area (Å²) < 4.78 is 6.16. The lowest BCUT2D eigenvalue weighted by atomic mass is 9.90. The van der Waals surface area contributed by atoms with E-state index < -0.39 is 0 Å². The van der Waals surface area contributed by atoms with Gasteiger partial charge in [-0.3, -0.25) is 0 Å². The van der Waals surface area contributed by atoms with Gasteiger partial charge in [0.2, 0.25) is 0 Å². The van der Waals surface area contributed by atoms with Gasteiger partial charge in [0.25, 0.3) is 0 Å². The van der Waals surface area contributed by atoms with Crippen molar-refractivity contribution in [2.75, 3.05) is 6.54 Å². The maximum Gasteiger partial charge on any atom is 0.0629 e. The fourth-order valence-electron chi connectivity index (χ4n) is 4.27. The Labute approximate surface area is 176 Å². The van der Waals surface area contributed by atoms with Gasteiger partial charge in [-0.05, 0) is 61.1 Å². The number of benzene rings is 1. The molecule has 0 bridgehead atoms. The second-order valence-corrected chi connectivity index (χ2v) is 8.64. The highest BCUT2D eigenvalue weighted by molar-refractivity contribution is 5.74. The van der Waals surface area contributed by atoms with Crippen LogP contribution in [0.4, 0.5) is 0 Å². The Balaban J connectivity index is 1.40. The van der Waals surface area contributed by atoms with Gasteiger partial charge in [-0.1, -0.05) is 62.9 Å². The molecule has 2 aliphatic rings. The normalized spacial score (nSPS) is 25.3. The van der Waals surface area contributed by atoms with Gasteiger partial charge < -0.3 is 15.2 Å². The number of hydrogen-bond acceptors (Lipinski definition) is 3. The third kappa shape index (κ3) is 6.58. The van der Waals surface area contributed by atoms with Gasteiger partial charge in [0.15, 0.2) is 0 Å². The quantitative estimate of drug-likeness (QED) is 0.587. The van der Waals surface area contributed by atoms with Crippen LogP contribution >= 0.6 is 0 Å². The second-order valence-electron chi connectivity index (χ2n) is 8.64. The van der Waals surface area contributed by atoms with Crippen LogP contribution < -0.4 is 5.32 Å². The number of nitrogens with one attached hydrogen (secondary N) is 1. The van der Waals surface area contributed by atoms with Gasteiger partial charge in [-0.25, -0.2) is 0 Å². The molecule has 158 valence electrons. The van der Waals surface area contributed by atoms with E-state index in [1.165, 1.54) is 16.7 Å². The standard InChI is InChI=1S/C26H37NO2/c1-4-25-17-24(28)18-26(29-25)19(2)14-15-27-20(3)16-21-10-12-23(13-11-21)22-8-6-5-7-9-22/h6,8-13,19,24-28H,3-5,7,14-18H2,1-2H3. The molecule has 0 radical (unpaired) electrons. The van der Waals surface area contributed by atoms with Gasteiger partial charge in [0, 0.05) is 18.7 Å². The smallest absolute Gasteiger partial charge is 0.0629 e. The van der Waals surface area contributed by atoms with Gasteiger partial charge in [-0.2, -0.15) is 0 Å². The van der Waals surface area contributed by atoms with Crippen molar-refractivity contribution in [3.8, 4) is 0 Å². The first-order valence-electron chi connectivity index (χ1n) is 11.3. The molecule has 1 aromatic rings. The van der Waals surface area contributed by atoms with E-state index in [4.69, 9.17) is 4.74 Å². The molecule has 1 aliphatic carbocycles. The molecule has 0 amide bonds. The summed E-state index contributed by atoms with van der Waals surface area (Å²) in [6.45, 7) is 9.45. The van der Waals surface area contributed by atoms with Gasteiger partial charge in [0.05, 0.1) is 18.3 Å². The van der Waals surface area contributed by atoms with Gasteiger partial charge >= 0.3 is 0 Å². The molecule has 29 heavy (non-hydrogen) atoms. The minimum atomic E-state index is -0.216. The highest BCUT2D eigenvalue weighted by Crippen LogP contribution is 2.27. The molecule has 0 spiro atoms. The van der Waals surface area contributed by atoms with Crippen LogP contribution in [0.2, 0.25) is 0 Å². The Morgan fingerprint density at radius 2 is 2.03 bits per heavy atom. The summed E-state index contributed by atoms with van der Waals surface area (Å²) in [6.07, 6.45) is 13.6. The lowest BCUT2D eigenvalue weighted by Crippen LogP contribution is -2.39.